The Morgan fingerprint density at radius 1 is 0.909 bits per heavy atom. The molecule has 0 aromatic heterocycles. The molecule has 0 saturated heterocycles. The van der Waals surface area contributed by atoms with Crippen molar-refractivity contribution < 1.29 is 9.59 Å². The van der Waals surface area contributed by atoms with Crippen molar-refractivity contribution in [2.24, 2.45) is 5.92 Å². The molecule has 1 aliphatic rings. The van der Waals surface area contributed by atoms with E-state index < -0.39 is 0 Å². The van der Waals surface area contributed by atoms with E-state index in [-0.39, 0.29) is 18.0 Å². The summed E-state index contributed by atoms with van der Waals surface area (Å²) >= 11 is 0. The van der Waals surface area contributed by atoms with Crippen LogP contribution in [-0.2, 0) is 11.2 Å². The van der Waals surface area contributed by atoms with Crippen LogP contribution in [0.5, 0.6) is 0 Å². The Morgan fingerprint density at radius 2 is 1.55 bits per heavy atom. The number of aryl methyl sites for hydroxylation is 1. The SMILES string of the molecule is CC(C)CCN1C(=O)CCc2cc(NC(=O)NC(c3ccccc3)c3ccccc3)ccc21. The van der Waals surface area contributed by atoms with Crippen molar-refractivity contribution in [1.82, 2.24) is 5.32 Å². The lowest BCUT2D eigenvalue weighted by Gasteiger charge is -2.30. The van der Waals surface area contributed by atoms with Gasteiger partial charge in [-0.1, -0.05) is 74.5 Å². The average molecular weight is 442 g/mol. The summed E-state index contributed by atoms with van der Waals surface area (Å²) in [6.45, 7) is 5.06. The number of rotatable bonds is 7. The number of nitrogens with one attached hydrogen (secondary N) is 2. The summed E-state index contributed by atoms with van der Waals surface area (Å²) in [5.41, 5.74) is 4.82. The van der Waals surface area contributed by atoms with Crippen molar-refractivity contribution in [2.75, 3.05) is 16.8 Å². The number of benzene rings is 3. The van der Waals surface area contributed by atoms with Gasteiger partial charge in [0, 0.05) is 24.3 Å². The van der Waals surface area contributed by atoms with Crippen LogP contribution in [0.4, 0.5) is 16.2 Å². The topological polar surface area (TPSA) is 61.4 Å². The number of hydrogen-bond donors (Lipinski definition) is 2. The summed E-state index contributed by atoms with van der Waals surface area (Å²) < 4.78 is 0. The van der Waals surface area contributed by atoms with Crippen molar-refractivity contribution in [2.45, 2.75) is 39.2 Å². The van der Waals surface area contributed by atoms with E-state index in [4.69, 9.17) is 0 Å². The lowest BCUT2D eigenvalue weighted by Crippen LogP contribution is -2.36. The van der Waals surface area contributed by atoms with Crippen molar-refractivity contribution in [3.05, 3.63) is 95.6 Å². The first kappa shape index (κ1) is 22.6. The zero-order chi connectivity index (χ0) is 23.2. The van der Waals surface area contributed by atoms with Gasteiger partial charge in [-0.05, 0) is 53.6 Å². The zero-order valence-corrected chi connectivity index (χ0v) is 19.3. The average Bonchev–Trinajstić information content (AvgIpc) is 2.83. The molecule has 0 bridgehead atoms. The third-order valence-corrected chi connectivity index (χ3v) is 6.01. The molecule has 170 valence electrons. The molecule has 5 nitrogen and oxygen atoms in total. The van der Waals surface area contributed by atoms with Crippen LogP contribution in [0.1, 0.15) is 49.4 Å². The molecule has 4 rings (SSSR count). The predicted octanol–water partition coefficient (Wildman–Crippen LogP) is 5.92. The third-order valence-electron chi connectivity index (χ3n) is 6.01. The quantitative estimate of drug-likeness (QED) is 0.478. The smallest absolute Gasteiger partial charge is 0.319 e. The Hall–Kier alpha value is -3.60. The number of amides is 3. The number of carbonyl (C=O) groups excluding carboxylic acids is 2. The van der Waals surface area contributed by atoms with Crippen molar-refractivity contribution in [3.8, 4) is 0 Å². The summed E-state index contributed by atoms with van der Waals surface area (Å²) in [7, 11) is 0. The van der Waals surface area contributed by atoms with Gasteiger partial charge in [-0.2, -0.15) is 0 Å². The normalized spacial score (nSPS) is 13.2. The van der Waals surface area contributed by atoms with Crippen LogP contribution >= 0.6 is 0 Å². The predicted molar refractivity (Wildman–Crippen MR) is 133 cm³/mol. The molecule has 0 aliphatic carbocycles. The van der Waals surface area contributed by atoms with E-state index in [0.29, 0.717) is 18.8 Å². The van der Waals surface area contributed by atoms with Gasteiger partial charge in [0.15, 0.2) is 0 Å². The molecule has 0 saturated carbocycles. The Kier molecular flexibility index (Phi) is 7.08. The molecule has 0 radical (unpaired) electrons. The number of urea groups is 1. The molecule has 1 aliphatic heterocycles. The van der Waals surface area contributed by atoms with Crippen LogP contribution in [0.15, 0.2) is 78.9 Å². The standard InChI is InChI=1S/C28H31N3O2/c1-20(2)17-18-31-25-15-14-24(19-23(25)13-16-26(31)32)29-28(33)30-27(21-9-5-3-6-10-21)22-11-7-4-8-12-22/h3-12,14-15,19-20,27H,13,16-18H2,1-2H3,(H2,29,30,33). The molecule has 3 amide bonds. The van der Waals surface area contributed by atoms with Gasteiger partial charge in [-0.25, -0.2) is 4.79 Å². The molecule has 0 atom stereocenters. The molecule has 3 aromatic carbocycles. The molecule has 0 unspecified atom stereocenters. The molecular formula is C28H31N3O2. The van der Waals surface area contributed by atoms with E-state index in [0.717, 1.165) is 41.0 Å². The second-order valence-corrected chi connectivity index (χ2v) is 8.92. The van der Waals surface area contributed by atoms with Crippen molar-refractivity contribution in [3.63, 3.8) is 0 Å². The van der Waals surface area contributed by atoms with Crippen LogP contribution in [0.2, 0.25) is 0 Å². The zero-order valence-electron chi connectivity index (χ0n) is 19.3. The lowest BCUT2D eigenvalue weighted by atomic mass is 9.99. The summed E-state index contributed by atoms with van der Waals surface area (Å²) in [5, 5.41) is 6.10. The first-order chi connectivity index (χ1) is 16.0. The second-order valence-electron chi connectivity index (χ2n) is 8.92. The Labute approximate surface area is 195 Å². The van der Waals surface area contributed by atoms with E-state index >= 15 is 0 Å². The minimum Gasteiger partial charge on any atom is -0.327 e. The lowest BCUT2D eigenvalue weighted by molar-refractivity contribution is -0.118. The first-order valence-electron chi connectivity index (χ1n) is 11.6. The van der Waals surface area contributed by atoms with Gasteiger partial charge < -0.3 is 15.5 Å². The highest BCUT2D eigenvalue weighted by atomic mass is 16.2. The largest absolute Gasteiger partial charge is 0.327 e. The highest BCUT2D eigenvalue weighted by Gasteiger charge is 2.24. The second kappa shape index (κ2) is 10.3. The molecule has 5 heteroatoms. The van der Waals surface area contributed by atoms with Crippen LogP contribution in [0.25, 0.3) is 0 Å². The number of anilines is 2. The fourth-order valence-electron chi connectivity index (χ4n) is 4.22. The maximum Gasteiger partial charge on any atom is 0.319 e. The van der Waals surface area contributed by atoms with E-state index in [9.17, 15) is 9.59 Å². The third kappa shape index (κ3) is 5.61. The van der Waals surface area contributed by atoms with Crippen LogP contribution in [0.3, 0.4) is 0 Å². The molecule has 3 aromatic rings. The van der Waals surface area contributed by atoms with Gasteiger partial charge in [0.1, 0.15) is 0 Å². The van der Waals surface area contributed by atoms with Crippen molar-refractivity contribution in [1.29, 1.82) is 0 Å². The number of fused-ring (bicyclic) bond motifs is 1. The molecule has 1 heterocycles. The first-order valence-corrected chi connectivity index (χ1v) is 11.6. The Balaban J connectivity index is 1.49. The van der Waals surface area contributed by atoms with Gasteiger partial charge >= 0.3 is 6.03 Å². The highest BCUT2D eigenvalue weighted by molar-refractivity contribution is 5.97. The van der Waals surface area contributed by atoms with Crippen LogP contribution in [-0.4, -0.2) is 18.5 Å². The fraction of sp³-hybridized carbons (Fsp3) is 0.286. The van der Waals surface area contributed by atoms with Crippen LogP contribution < -0.4 is 15.5 Å². The number of carbonyl (C=O) groups is 2. The molecular weight excluding hydrogens is 410 g/mol. The van der Waals surface area contributed by atoms with E-state index in [1.165, 1.54) is 0 Å². The van der Waals surface area contributed by atoms with E-state index in [1.54, 1.807) is 0 Å². The summed E-state index contributed by atoms with van der Waals surface area (Å²) in [6.07, 6.45) is 2.17. The highest BCUT2D eigenvalue weighted by Crippen LogP contribution is 2.31. The van der Waals surface area contributed by atoms with Crippen molar-refractivity contribution >= 4 is 23.3 Å². The monoisotopic (exact) mass is 441 g/mol. The van der Waals surface area contributed by atoms with Crippen LogP contribution in [0, 0.1) is 5.92 Å². The number of hydrogen-bond acceptors (Lipinski definition) is 2. The molecule has 33 heavy (non-hydrogen) atoms. The summed E-state index contributed by atoms with van der Waals surface area (Å²) in [4.78, 5) is 27.3. The summed E-state index contributed by atoms with van der Waals surface area (Å²) in [6, 6.07) is 25.2. The summed E-state index contributed by atoms with van der Waals surface area (Å²) in [5.74, 6) is 0.713. The van der Waals surface area contributed by atoms with Gasteiger partial charge in [0.2, 0.25) is 5.91 Å². The molecule has 0 fully saturated rings. The van der Waals surface area contributed by atoms with Gasteiger partial charge in [0.25, 0.3) is 0 Å². The molecule has 2 N–H and O–H groups in total. The maximum atomic E-state index is 12.9. The Bertz CT molecular complexity index is 1060. The van der Waals surface area contributed by atoms with Gasteiger partial charge in [0.05, 0.1) is 6.04 Å². The number of nitrogens with zero attached hydrogens (tertiary/aromatic N) is 1. The minimum absolute atomic E-state index is 0.176. The fourth-order valence-corrected chi connectivity index (χ4v) is 4.22. The van der Waals surface area contributed by atoms with Gasteiger partial charge in [-0.3, -0.25) is 4.79 Å². The maximum absolute atomic E-state index is 12.9. The van der Waals surface area contributed by atoms with Gasteiger partial charge in [-0.15, -0.1) is 0 Å². The van der Waals surface area contributed by atoms with E-state index in [1.807, 2.05) is 83.8 Å². The Morgan fingerprint density at radius 3 is 2.15 bits per heavy atom. The minimum atomic E-state index is -0.267. The molecule has 0 spiro atoms. The van der Waals surface area contributed by atoms with E-state index in [2.05, 4.69) is 24.5 Å².